The van der Waals surface area contributed by atoms with Crippen LogP contribution in [0.4, 0.5) is 34.1 Å². The zero-order valence-corrected chi connectivity index (χ0v) is 75.1. The maximum absolute atomic E-state index is 13.5. The molecule has 10 fully saturated rings. The van der Waals surface area contributed by atoms with Gasteiger partial charge < -0.3 is 30.2 Å². The molecule has 6 saturated carbocycles. The van der Waals surface area contributed by atoms with Crippen LogP contribution in [-0.2, 0) is 20.0 Å². The fourth-order valence-corrected chi connectivity index (χ4v) is 25.6. The van der Waals surface area contributed by atoms with Crippen molar-refractivity contribution in [2.24, 2.45) is 32.5 Å². The highest BCUT2D eigenvalue weighted by molar-refractivity contribution is 7.99. The van der Waals surface area contributed by atoms with Gasteiger partial charge in [0.25, 0.3) is 43.2 Å². The number of nitro groups is 2. The zero-order valence-electron chi connectivity index (χ0n) is 71.9. The predicted molar refractivity (Wildman–Crippen MR) is 487 cm³/mol. The fourth-order valence-electron chi connectivity index (χ4n) is 21.6. The summed E-state index contributed by atoms with van der Waals surface area (Å²) in [6.45, 7) is 30.1. The summed E-state index contributed by atoms with van der Waals surface area (Å²) in [5.74, 6) is -0.217. The minimum Gasteiger partial charge on any atom is -0.376 e. The van der Waals surface area contributed by atoms with Crippen molar-refractivity contribution in [1.82, 2.24) is 29.0 Å². The Morgan fingerprint density at radius 1 is 0.463 bits per heavy atom. The molecule has 0 aromatic heterocycles. The molecule has 26 heteroatoms. The number of rotatable bonds is 33. The number of hydrogen-bond donors (Lipinski definition) is 4. The number of anilines is 4. The number of benzene rings is 6. The molecule has 22 nitrogen and oxygen atoms in total. The molecule has 4 saturated heterocycles. The molecule has 2 atom stereocenters. The average Bonchev–Trinajstić information content (AvgIpc) is 0.710. The number of hydrogen-bond acceptors (Lipinski definition) is 20. The molecule has 0 spiro atoms. The Bertz CT molecular complexity index is 4960. The van der Waals surface area contributed by atoms with Crippen molar-refractivity contribution < 1.29 is 36.3 Å². The second-order valence-corrected chi connectivity index (χ2v) is 44.4. The molecule has 4 N–H and O–H groups in total. The summed E-state index contributed by atoms with van der Waals surface area (Å²) in [7, 11) is -8.82. The van der Waals surface area contributed by atoms with E-state index in [-0.39, 0.29) is 55.8 Å². The number of carbonyl (C=O) groups is 2. The van der Waals surface area contributed by atoms with Crippen LogP contribution in [0.15, 0.2) is 187 Å². The molecule has 4 bridgehead atoms. The number of sulfonamides is 2. The van der Waals surface area contributed by atoms with Crippen molar-refractivity contribution in [3.8, 4) is 0 Å². The van der Waals surface area contributed by atoms with Gasteiger partial charge in [-0.2, -0.15) is 0 Å². The van der Waals surface area contributed by atoms with Gasteiger partial charge in [-0.1, -0.05) is 119 Å². The van der Waals surface area contributed by atoms with Crippen LogP contribution in [0.5, 0.6) is 0 Å². The Morgan fingerprint density at radius 3 is 1.19 bits per heavy atom. The van der Waals surface area contributed by atoms with Crippen molar-refractivity contribution in [1.29, 1.82) is 0 Å². The van der Waals surface area contributed by atoms with E-state index in [2.05, 4.69) is 91.0 Å². The zero-order chi connectivity index (χ0) is 85.0. The van der Waals surface area contributed by atoms with Gasteiger partial charge in [-0.15, -0.1) is 23.5 Å². The second kappa shape index (κ2) is 37.2. The third-order valence-electron chi connectivity index (χ3n) is 28.4. The highest BCUT2D eigenvalue weighted by atomic mass is 32.2. The lowest BCUT2D eigenvalue weighted by molar-refractivity contribution is -0.384. The van der Waals surface area contributed by atoms with E-state index in [1.165, 1.54) is 146 Å². The van der Waals surface area contributed by atoms with Crippen LogP contribution in [0.3, 0.4) is 0 Å². The van der Waals surface area contributed by atoms with Gasteiger partial charge in [0, 0.05) is 147 Å². The van der Waals surface area contributed by atoms with Crippen molar-refractivity contribution in [2.75, 3.05) is 137 Å². The Morgan fingerprint density at radius 2 is 0.835 bits per heavy atom. The van der Waals surface area contributed by atoms with Crippen LogP contribution in [0.25, 0.3) is 0 Å². The third-order valence-corrected chi connectivity index (χ3v) is 33.4. The number of nitrogens with zero attached hydrogens (tertiary/aromatic N) is 8. The van der Waals surface area contributed by atoms with Gasteiger partial charge in [-0.25, -0.2) is 26.3 Å². The molecule has 8 aliphatic carbocycles. The Kier molecular flexibility index (Phi) is 27.0. The third kappa shape index (κ3) is 21.2. The first kappa shape index (κ1) is 88.1. The SMILES string of the molecule is CC1(C)CCC(CN2CCN(c3ccc(C(=O)NS(=O)(=O)c4ccc(N[C@H](CCN5CCCCC5)CSc5ccccc5)c([N+](=O)[O-])c4)cc3)CC2)=C(C23CC(C)(C2)C3)C1.CCC12CC(C3=C(CN4CCN(c5ccc(C(=O)NS(=O)(=O)c6ccc(N[C@H](CCN7CCCCC7)CSc7ccccc7)c([N+](=O)[O-])c6)cc5)CC4)CCC(C)(C)C3)(C1)C2. The maximum atomic E-state index is 13.5. The van der Waals surface area contributed by atoms with Crippen LogP contribution < -0.4 is 29.9 Å². The molecule has 121 heavy (non-hydrogen) atoms. The number of allylic oxidation sites excluding steroid dienone is 2. The number of piperidine rings is 2. The Hall–Kier alpha value is -7.82. The van der Waals surface area contributed by atoms with E-state index in [0.29, 0.717) is 44.0 Å². The second-order valence-electron chi connectivity index (χ2n) is 38.8. The first-order valence-electron chi connectivity index (χ1n) is 44.6. The number of thioether (sulfide) groups is 2. The summed E-state index contributed by atoms with van der Waals surface area (Å²) >= 11 is 3.36. The van der Waals surface area contributed by atoms with Gasteiger partial charge >= 0.3 is 0 Å². The summed E-state index contributed by atoms with van der Waals surface area (Å²) in [6, 6.07) is 41.5. The number of carbonyl (C=O) groups excluding carboxylic acids is 2. The number of amides is 2. The summed E-state index contributed by atoms with van der Waals surface area (Å²) in [5.41, 5.74) is 12.2. The Labute approximate surface area is 726 Å². The molecule has 0 radical (unpaired) electrons. The lowest BCUT2D eigenvalue weighted by Crippen LogP contribution is -2.63. The smallest absolute Gasteiger partial charge is 0.293 e. The molecule has 4 heterocycles. The van der Waals surface area contributed by atoms with Crippen molar-refractivity contribution >= 4 is 89.5 Å². The van der Waals surface area contributed by atoms with E-state index in [4.69, 9.17) is 0 Å². The Balaban J connectivity index is 0.000000188. The van der Waals surface area contributed by atoms with Crippen LogP contribution in [0.1, 0.15) is 197 Å². The normalized spacial score (nSPS) is 24.8. The monoisotopic (exact) mass is 1720 g/mol. The minimum absolute atomic E-state index is 0.101. The molecule has 650 valence electrons. The van der Waals surface area contributed by atoms with Gasteiger partial charge in [-0.3, -0.25) is 39.6 Å². The molecule has 18 rings (SSSR count). The molecule has 6 aromatic carbocycles. The van der Waals surface area contributed by atoms with Gasteiger partial charge in [0.1, 0.15) is 11.4 Å². The molecule has 4 aliphatic heterocycles. The average molecular weight is 1720 g/mol. The van der Waals surface area contributed by atoms with E-state index < -0.39 is 41.7 Å². The summed E-state index contributed by atoms with van der Waals surface area (Å²) in [4.78, 5) is 66.4. The summed E-state index contributed by atoms with van der Waals surface area (Å²) in [6.07, 6.45) is 25.9. The first-order chi connectivity index (χ1) is 57.9. The van der Waals surface area contributed by atoms with Gasteiger partial charge in [-0.05, 0) is 271 Å². The van der Waals surface area contributed by atoms with Gasteiger partial charge in [0.15, 0.2) is 0 Å². The lowest BCUT2D eigenvalue weighted by atomic mass is 9.31. The first-order valence-corrected chi connectivity index (χ1v) is 49.5. The topological polar surface area (TPSA) is 256 Å². The van der Waals surface area contributed by atoms with Crippen molar-refractivity contribution in [2.45, 2.75) is 208 Å². The van der Waals surface area contributed by atoms with E-state index in [9.17, 15) is 46.7 Å². The largest absolute Gasteiger partial charge is 0.376 e. The molecule has 2 amide bonds. The summed E-state index contributed by atoms with van der Waals surface area (Å²) < 4.78 is 58.3. The minimum atomic E-state index is -4.41. The van der Waals surface area contributed by atoms with E-state index in [1.807, 2.05) is 84.9 Å². The van der Waals surface area contributed by atoms with Crippen LogP contribution in [0, 0.1) is 52.7 Å². The quantitative estimate of drug-likeness (QED) is 0.0129. The molecular formula is C95H126N12O10S4. The molecule has 0 unspecified atom stereocenters. The van der Waals surface area contributed by atoms with Gasteiger partial charge in [0.05, 0.1) is 19.6 Å². The molecule has 12 aliphatic rings. The predicted octanol–water partition coefficient (Wildman–Crippen LogP) is 18.4. The number of likely N-dealkylation sites (tertiary alicyclic amines) is 2. The fraction of sp³-hybridized carbons (Fsp3) is 0.558. The van der Waals surface area contributed by atoms with E-state index in [0.717, 1.165) is 151 Å². The van der Waals surface area contributed by atoms with Crippen LogP contribution in [-0.4, -0.2) is 186 Å². The van der Waals surface area contributed by atoms with Crippen molar-refractivity contribution in [3.05, 3.63) is 199 Å². The lowest BCUT2D eigenvalue weighted by Gasteiger charge is -2.73. The highest BCUT2D eigenvalue weighted by Gasteiger charge is 2.69. The number of piperazine rings is 2. The number of nitrogens with one attached hydrogen (secondary N) is 4. The van der Waals surface area contributed by atoms with E-state index >= 15 is 0 Å². The molecule has 6 aromatic rings. The summed E-state index contributed by atoms with van der Waals surface area (Å²) in [5, 5.41) is 31.4. The standard InChI is InChI=1S/C48H64N6O5S2.C47H62N6O5S2/c1-4-47-33-48(34-47,35-47)42-30-46(2,3)21-19-37(42)31-52-25-27-53(28-26-52)39-15-13-36(14-16-39)45(55)50-61(58,59)41-17-18-43(44(29-41)54(56)57)49-38(20-24-51-22-9-6-10-23-51)32-60-40-11-7-5-8-12-40;1-45(2)20-18-36(41(29-45)47-32-46(3,33-47)34-47)30-51-24-26-52(27-25-51)38-14-12-35(13-15-38)44(54)49-60(57,58)40-16-17-42(43(28-40)53(55)56)48-37(19-23-50-21-8-5-9-22-50)31-59-39-10-6-4-7-11-39/h5,7-8,11-18,29,38,49H,4,6,9-10,19-28,30-35H2,1-3H3,(H,50,55);4,6-7,10-17,28,37,48H,5,8-9,18-27,29-34H2,1-3H3,(H,49,54)/t38-,47?,48?;37-,46?,47?/m11/s1. The van der Waals surface area contributed by atoms with E-state index in [1.54, 1.807) is 70.1 Å². The number of nitro benzene ring substituents is 2. The van der Waals surface area contributed by atoms with Crippen molar-refractivity contribution in [3.63, 3.8) is 0 Å². The maximum Gasteiger partial charge on any atom is 0.293 e. The van der Waals surface area contributed by atoms with Crippen LogP contribution >= 0.6 is 23.5 Å². The van der Waals surface area contributed by atoms with Crippen LogP contribution in [0.2, 0.25) is 0 Å². The van der Waals surface area contributed by atoms with Gasteiger partial charge in [0.2, 0.25) is 0 Å². The molecular weight excluding hydrogens is 1600 g/mol. The highest BCUT2D eigenvalue weighted by Crippen LogP contribution is 2.79.